The lowest BCUT2D eigenvalue weighted by atomic mass is 9.87. The van der Waals surface area contributed by atoms with Crippen molar-refractivity contribution in [1.29, 1.82) is 0 Å². The van der Waals surface area contributed by atoms with Crippen LogP contribution in [0.5, 0.6) is 5.75 Å². The Balaban J connectivity index is 0.925. The molecule has 2 unspecified atom stereocenters. The van der Waals surface area contributed by atoms with Gasteiger partial charge < -0.3 is 14.1 Å². The number of hydrogen-bond donors (Lipinski definition) is 0. The zero-order valence-electron chi connectivity index (χ0n) is 34.4. The summed E-state index contributed by atoms with van der Waals surface area (Å²) in [4.78, 5) is 2.34. The number of hydrogen-bond acceptors (Lipinski definition) is 3. The van der Waals surface area contributed by atoms with Gasteiger partial charge in [-0.15, -0.1) is 0 Å². The van der Waals surface area contributed by atoms with Crippen molar-refractivity contribution in [3.8, 4) is 50.3 Å². The average Bonchev–Trinajstić information content (AvgIpc) is 3.94. The molecule has 2 atom stereocenters. The summed E-state index contributed by atoms with van der Waals surface area (Å²) in [5.74, 6) is 1.18. The molecule has 10 aromatic rings. The first-order valence-electron chi connectivity index (χ1n) is 21.6. The predicted octanol–water partition coefficient (Wildman–Crippen LogP) is 16.2. The summed E-state index contributed by atoms with van der Waals surface area (Å²) in [6.07, 6.45) is 6.80. The van der Waals surface area contributed by atoms with Crippen molar-refractivity contribution >= 4 is 44.6 Å². The minimum absolute atomic E-state index is 0.0384. The average molecular weight is 808 g/mol. The summed E-state index contributed by atoms with van der Waals surface area (Å²) < 4.78 is 12.7. The first kappa shape index (κ1) is 36.7. The number of fused-ring (bicyclic) bond motifs is 6. The molecule has 2 aliphatic rings. The van der Waals surface area contributed by atoms with Crippen LogP contribution < -0.4 is 9.64 Å². The van der Waals surface area contributed by atoms with Crippen LogP contribution >= 0.6 is 0 Å². The van der Waals surface area contributed by atoms with Crippen molar-refractivity contribution in [3.63, 3.8) is 0 Å². The summed E-state index contributed by atoms with van der Waals surface area (Å²) in [6, 6.07) is 78.1. The topological polar surface area (TPSA) is 25.6 Å². The second-order valence-corrected chi connectivity index (χ2v) is 16.4. The molecule has 1 aromatic heterocycles. The first-order chi connectivity index (χ1) is 31.2. The fourth-order valence-corrected chi connectivity index (χ4v) is 9.45. The lowest BCUT2D eigenvalue weighted by molar-refractivity contribution is 0.269. The Morgan fingerprint density at radius 2 is 0.921 bits per heavy atom. The largest absolute Gasteiger partial charge is 0.485 e. The smallest absolute Gasteiger partial charge is 0.143 e. The maximum absolute atomic E-state index is 6.44. The minimum Gasteiger partial charge on any atom is -0.485 e. The Hall–Kier alpha value is -8.14. The van der Waals surface area contributed by atoms with Crippen molar-refractivity contribution in [3.05, 3.63) is 248 Å². The highest BCUT2D eigenvalue weighted by Crippen LogP contribution is 2.45. The lowest BCUT2D eigenvalue weighted by Gasteiger charge is -2.26. The van der Waals surface area contributed by atoms with E-state index >= 15 is 0 Å². The summed E-state index contributed by atoms with van der Waals surface area (Å²) in [5, 5.41) is 2.26. The van der Waals surface area contributed by atoms with E-state index in [1.165, 1.54) is 44.5 Å². The molecule has 0 saturated carbocycles. The number of anilines is 3. The highest BCUT2D eigenvalue weighted by Gasteiger charge is 2.33. The van der Waals surface area contributed by atoms with Gasteiger partial charge in [-0.3, -0.25) is 0 Å². The Kier molecular flexibility index (Phi) is 8.97. The second kappa shape index (κ2) is 15.4. The van der Waals surface area contributed by atoms with Crippen LogP contribution in [0.4, 0.5) is 17.1 Å². The molecule has 3 heteroatoms. The quantitative estimate of drug-likeness (QED) is 0.153. The molecule has 0 radical (unpaired) electrons. The van der Waals surface area contributed by atoms with Gasteiger partial charge in [0.05, 0.1) is 0 Å². The molecule has 0 spiro atoms. The number of rotatable bonds is 8. The van der Waals surface area contributed by atoms with Gasteiger partial charge in [-0.2, -0.15) is 0 Å². The third-order valence-corrected chi connectivity index (χ3v) is 12.6. The molecule has 1 aliphatic heterocycles. The van der Waals surface area contributed by atoms with Crippen LogP contribution in [0.2, 0.25) is 0 Å². The van der Waals surface area contributed by atoms with Crippen molar-refractivity contribution < 1.29 is 9.15 Å². The van der Waals surface area contributed by atoms with Crippen molar-refractivity contribution in [1.82, 2.24) is 0 Å². The summed E-state index contributed by atoms with van der Waals surface area (Å²) in [6.45, 7) is 0. The Bertz CT molecular complexity index is 3290. The van der Waals surface area contributed by atoms with E-state index in [4.69, 9.17) is 9.15 Å². The number of allylic oxidation sites excluding steroid dienone is 2. The number of benzene rings is 9. The minimum atomic E-state index is 0.0384. The van der Waals surface area contributed by atoms with E-state index in [-0.39, 0.29) is 12.0 Å². The van der Waals surface area contributed by atoms with E-state index in [9.17, 15) is 0 Å². The van der Waals surface area contributed by atoms with Crippen LogP contribution in [-0.2, 0) is 0 Å². The van der Waals surface area contributed by atoms with E-state index in [1.807, 2.05) is 18.2 Å². The standard InChI is InChI=1S/C60H41NO2/c1-3-12-40(13-4-1)46-36-47(41-14-5-2-6-15-41)38-48(37-46)43-24-31-50(32-25-43)61(49-29-22-42(23-30-49)45-28-35-59-56(39-45)54-17-8-9-20-57(54)62-59)51-33-26-44(27-34-51)52-18-11-19-55-53-16-7-10-21-58(53)63-60(52)55/h1-39,56,59H. The molecule has 0 amide bonds. The zero-order valence-corrected chi connectivity index (χ0v) is 34.4. The van der Waals surface area contributed by atoms with E-state index in [0.717, 1.165) is 61.4 Å². The lowest BCUT2D eigenvalue weighted by Crippen LogP contribution is -2.17. The molecular weight excluding hydrogens is 767 g/mol. The Labute approximate surface area is 367 Å². The molecule has 0 fully saturated rings. The first-order valence-corrected chi connectivity index (χ1v) is 21.6. The van der Waals surface area contributed by atoms with E-state index in [2.05, 4.69) is 223 Å². The molecular formula is C60H41NO2. The molecule has 12 rings (SSSR count). The van der Waals surface area contributed by atoms with E-state index < -0.39 is 0 Å². The van der Waals surface area contributed by atoms with Crippen LogP contribution in [0.15, 0.2) is 241 Å². The normalized spacial score (nSPS) is 15.1. The Morgan fingerprint density at radius 1 is 0.397 bits per heavy atom. The number of nitrogens with zero attached hydrogens (tertiary/aromatic N) is 1. The summed E-state index contributed by atoms with van der Waals surface area (Å²) in [7, 11) is 0. The Morgan fingerprint density at radius 3 is 1.57 bits per heavy atom. The van der Waals surface area contributed by atoms with Gasteiger partial charge in [0.1, 0.15) is 23.0 Å². The van der Waals surface area contributed by atoms with Gasteiger partial charge in [0, 0.05) is 44.9 Å². The van der Waals surface area contributed by atoms with E-state index in [0.29, 0.717) is 0 Å². The maximum atomic E-state index is 6.44. The SMILES string of the molecule is C1=CC2Oc3ccccc3C2C=C1c1ccc(N(c2ccc(-c3cc(-c4ccccc4)cc(-c4ccccc4)c3)cc2)c2ccc(-c3cccc4c3oc3ccccc34)cc2)cc1. The van der Waals surface area contributed by atoms with Crippen molar-refractivity contribution in [2.45, 2.75) is 12.0 Å². The zero-order chi connectivity index (χ0) is 41.7. The summed E-state index contributed by atoms with van der Waals surface area (Å²) in [5.41, 5.74) is 17.9. The van der Waals surface area contributed by atoms with Crippen LogP contribution in [-0.4, -0.2) is 6.10 Å². The third kappa shape index (κ3) is 6.72. The van der Waals surface area contributed by atoms with Crippen molar-refractivity contribution in [2.75, 3.05) is 4.90 Å². The fourth-order valence-electron chi connectivity index (χ4n) is 9.45. The van der Waals surface area contributed by atoms with Gasteiger partial charge in [-0.25, -0.2) is 0 Å². The van der Waals surface area contributed by atoms with E-state index in [1.54, 1.807) is 0 Å². The molecule has 298 valence electrons. The van der Waals surface area contributed by atoms with Crippen LogP contribution in [0.3, 0.4) is 0 Å². The van der Waals surface area contributed by atoms with Crippen LogP contribution in [0, 0.1) is 0 Å². The van der Waals surface area contributed by atoms with Crippen molar-refractivity contribution in [2.24, 2.45) is 0 Å². The number of para-hydroxylation sites is 3. The molecule has 63 heavy (non-hydrogen) atoms. The molecule has 0 saturated heterocycles. The fraction of sp³-hybridized carbons (Fsp3) is 0.0333. The molecule has 3 nitrogen and oxygen atoms in total. The molecule has 0 bridgehead atoms. The van der Waals surface area contributed by atoms with Gasteiger partial charge in [-0.1, -0.05) is 164 Å². The predicted molar refractivity (Wildman–Crippen MR) is 261 cm³/mol. The molecule has 0 N–H and O–H groups in total. The van der Waals surface area contributed by atoms with Crippen LogP contribution in [0.1, 0.15) is 17.0 Å². The monoisotopic (exact) mass is 807 g/mol. The molecule has 9 aromatic carbocycles. The van der Waals surface area contributed by atoms with Gasteiger partial charge in [0.2, 0.25) is 0 Å². The van der Waals surface area contributed by atoms with Gasteiger partial charge in [-0.05, 0) is 123 Å². The van der Waals surface area contributed by atoms with Gasteiger partial charge in [0.25, 0.3) is 0 Å². The highest BCUT2D eigenvalue weighted by molar-refractivity contribution is 6.09. The maximum Gasteiger partial charge on any atom is 0.143 e. The second-order valence-electron chi connectivity index (χ2n) is 16.4. The van der Waals surface area contributed by atoms with Gasteiger partial charge >= 0.3 is 0 Å². The summed E-state index contributed by atoms with van der Waals surface area (Å²) >= 11 is 0. The highest BCUT2D eigenvalue weighted by atomic mass is 16.5. The number of ether oxygens (including phenoxy) is 1. The molecule has 2 heterocycles. The van der Waals surface area contributed by atoms with Gasteiger partial charge in [0.15, 0.2) is 0 Å². The van der Waals surface area contributed by atoms with Crippen LogP contribution in [0.25, 0.3) is 72.0 Å². The third-order valence-electron chi connectivity index (χ3n) is 12.6. The molecule has 1 aliphatic carbocycles. The number of furan rings is 1.